The van der Waals surface area contributed by atoms with Gasteiger partial charge in [-0.15, -0.1) is 0 Å². The summed E-state index contributed by atoms with van der Waals surface area (Å²) in [4.78, 5) is 0. The van der Waals surface area contributed by atoms with Gasteiger partial charge in [-0.25, -0.2) is 4.39 Å². The average molecular weight is 222 g/mol. The van der Waals surface area contributed by atoms with Crippen LogP contribution in [0.15, 0.2) is 18.2 Å². The summed E-state index contributed by atoms with van der Waals surface area (Å²) in [6.45, 7) is 3.60. The molecule has 0 aliphatic rings. The number of rotatable bonds is 4. The molecule has 0 heterocycles. The molecule has 1 unspecified atom stereocenters. The summed E-state index contributed by atoms with van der Waals surface area (Å²) in [5.41, 5.74) is 6.29. The first kappa shape index (κ1) is 12.5. The Kier molecular flexibility index (Phi) is 4.27. The molecule has 0 fully saturated rings. The Bertz CT molecular complexity index is 398. The Morgan fingerprint density at radius 3 is 2.75 bits per heavy atom. The highest BCUT2D eigenvalue weighted by Crippen LogP contribution is 2.26. The van der Waals surface area contributed by atoms with Crippen LogP contribution in [0.5, 0.6) is 5.75 Å². The molecule has 2 N–H and O–H groups in total. The molecule has 1 aromatic carbocycles. The molecule has 1 rings (SSSR count). The highest BCUT2D eigenvalue weighted by Gasteiger charge is 2.13. The normalized spacial score (nSPS) is 13.9. The quantitative estimate of drug-likeness (QED) is 0.851. The van der Waals surface area contributed by atoms with Gasteiger partial charge in [-0.1, -0.05) is 6.92 Å². The van der Waals surface area contributed by atoms with Crippen LogP contribution in [-0.2, 0) is 0 Å². The van der Waals surface area contributed by atoms with E-state index >= 15 is 0 Å². The summed E-state index contributed by atoms with van der Waals surface area (Å²) in [5, 5.41) is 8.79. The predicted octanol–water partition coefficient (Wildman–Crippen LogP) is 2.53. The maximum atomic E-state index is 13.0. The average Bonchev–Trinajstić information content (AvgIpc) is 2.27. The summed E-state index contributed by atoms with van der Waals surface area (Å²) < 4.78 is 18.5. The number of nitriles is 1. The van der Waals surface area contributed by atoms with Gasteiger partial charge < -0.3 is 10.5 Å². The van der Waals surface area contributed by atoms with Gasteiger partial charge in [-0.3, -0.25) is 0 Å². The van der Waals surface area contributed by atoms with E-state index in [-0.39, 0.29) is 11.9 Å². The third kappa shape index (κ3) is 2.94. The van der Waals surface area contributed by atoms with Gasteiger partial charge in [0.25, 0.3) is 0 Å². The fourth-order valence-corrected chi connectivity index (χ4v) is 1.34. The van der Waals surface area contributed by atoms with E-state index in [1.165, 1.54) is 18.2 Å². The van der Waals surface area contributed by atoms with Crippen molar-refractivity contribution < 1.29 is 9.13 Å². The summed E-state index contributed by atoms with van der Waals surface area (Å²) in [6, 6.07) is 5.83. The molecule has 0 saturated heterocycles. The van der Waals surface area contributed by atoms with Gasteiger partial charge in [-0.2, -0.15) is 5.26 Å². The van der Waals surface area contributed by atoms with E-state index in [0.29, 0.717) is 17.7 Å². The molecule has 0 radical (unpaired) electrons. The second-order valence-electron chi connectivity index (χ2n) is 3.61. The number of nitrogens with zero attached hydrogens (tertiary/aromatic N) is 1. The third-order valence-corrected chi connectivity index (χ3v) is 2.25. The van der Waals surface area contributed by atoms with E-state index in [9.17, 15) is 4.39 Å². The molecule has 0 spiro atoms. The summed E-state index contributed by atoms with van der Waals surface area (Å²) in [7, 11) is 0. The first-order valence-corrected chi connectivity index (χ1v) is 5.19. The van der Waals surface area contributed by atoms with Crippen LogP contribution in [0.2, 0.25) is 0 Å². The molecule has 0 amide bonds. The van der Waals surface area contributed by atoms with Gasteiger partial charge in [0.2, 0.25) is 0 Å². The van der Waals surface area contributed by atoms with E-state index in [0.717, 1.165) is 0 Å². The molecule has 0 aliphatic carbocycles. The van der Waals surface area contributed by atoms with Gasteiger partial charge in [-0.05, 0) is 31.5 Å². The van der Waals surface area contributed by atoms with Crippen molar-refractivity contribution in [2.75, 3.05) is 0 Å². The predicted molar refractivity (Wildman–Crippen MR) is 59.3 cm³/mol. The number of hydrogen-bond acceptors (Lipinski definition) is 3. The van der Waals surface area contributed by atoms with Crippen LogP contribution in [0.1, 0.15) is 31.9 Å². The van der Waals surface area contributed by atoms with Gasteiger partial charge in [0.1, 0.15) is 17.6 Å². The molecule has 4 heteroatoms. The number of nitrogens with two attached hydrogens (primary N) is 1. The van der Waals surface area contributed by atoms with Gasteiger partial charge in [0.15, 0.2) is 6.10 Å². The van der Waals surface area contributed by atoms with Crippen LogP contribution < -0.4 is 10.5 Å². The van der Waals surface area contributed by atoms with E-state index in [1.807, 2.05) is 13.0 Å². The number of ether oxygens (including phenoxy) is 1. The molecule has 2 atom stereocenters. The van der Waals surface area contributed by atoms with E-state index in [1.54, 1.807) is 6.92 Å². The number of benzene rings is 1. The Hall–Kier alpha value is -1.60. The van der Waals surface area contributed by atoms with Crippen molar-refractivity contribution >= 4 is 0 Å². The smallest absolute Gasteiger partial charge is 0.184 e. The third-order valence-electron chi connectivity index (χ3n) is 2.25. The van der Waals surface area contributed by atoms with Gasteiger partial charge in [0, 0.05) is 11.6 Å². The summed E-state index contributed by atoms with van der Waals surface area (Å²) >= 11 is 0. The molecule has 0 saturated carbocycles. The monoisotopic (exact) mass is 222 g/mol. The Morgan fingerprint density at radius 2 is 2.25 bits per heavy atom. The SMILES string of the molecule is CCC(C#N)Oc1ccc(F)cc1[C@@H](C)N. The maximum Gasteiger partial charge on any atom is 0.184 e. The highest BCUT2D eigenvalue weighted by atomic mass is 19.1. The topological polar surface area (TPSA) is 59.0 Å². The Morgan fingerprint density at radius 1 is 1.56 bits per heavy atom. The summed E-state index contributed by atoms with van der Waals surface area (Å²) in [5.74, 6) is 0.120. The molecule has 3 nitrogen and oxygen atoms in total. The minimum absolute atomic E-state index is 0.332. The lowest BCUT2D eigenvalue weighted by Crippen LogP contribution is -2.15. The molecular formula is C12H15FN2O. The van der Waals surface area contributed by atoms with Crippen LogP contribution in [-0.4, -0.2) is 6.10 Å². The largest absolute Gasteiger partial charge is 0.475 e. The van der Waals surface area contributed by atoms with Crippen molar-refractivity contribution in [2.45, 2.75) is 32.4 Å². The first-order valence-electron chi connectivity index (χ1n) is 5.19. The first-order chi connectivity index (χ1) is 7.58. The molecule has 16 heavy (non-hydrogen) atoms. The second kappa shape index (κ2) is 5.47. The van der Waals surface area contributed by atoms with Crippen molar-refractivity contribution in [1.29, 1.82) is 5.26 Å². The number of hydrogen-bond donors (Lipinski definition) is 1. The van der Waals surface area contributed by atoms with E-state index in [4.69, 9.17) is 15.7 Å². The Labute approximate surface area is 94.6 Å². The fraction of sp³-hybridized carbons (Fsp3) is 0.417. The molecule has 0 aliphatic heterocycles. The van der Waals surface area contributed by atoms with Gasteiger partial charge in [0.05, 0.1) is 0 Å². The second-order valence-corrected chi connectivity index (χ2v) is 3.61. The highest BCUT2D eigenvalue weighted by molar-refractivity contribution is 5.36. The molecular weight excluding hydrogens is 207 g/mol. The molecule has 86 valence electrons. The minimum atomic E-state index is -0.525. The number of halogens is 1. The van der Waals surface area contributed by atoms with E-state index < -0.39 is 6.10 Å². The van der Waals surface area contributed by atoms with Crippen LogP contribution in [0, 0.1) is 17.1 Å². The Balaban J connectivity index is 3.00. The van der Waals surface area contributed by atoms with Crippen molar-refractivity contribution in [2.24, 2.45) is 5.73 Å². The van der Waals surface area contributed by atoms with Crippen molar-refractivity contribution in [3.63, 3.8) is 0 Å². The zero-order chi connectivity index (χ0) is 12.1. The molecule has 0 bridgehead atoms. The van der Waals surface area contributed by atoms with Crippen LogP contribution in [0.25, 0.3) is 0 Å². The van der Waals surface area contributed by atoms with Crippen LogP contribution in [0.3, 0.4) is 0 Å². The molecule has 0 aromatic heterocycles. The van der Waals surface area contributed by atoms with E-state index in [2.05, 4.69) is 0 Å². The zero-order valence-electron chi connectivity index (χ0n) is 9.40. The van der Waals surface area contributed by atoms with Gasteiger partial charge >= 0.3 is 0 Å². The standard InChI is InChI=1S/C12H15FN2O/c1-3-10(7-14)16-12-5-4-9(13)6-11(12)8(2)15/h4-6,8,10H,3,15H2,1-2H3/t8-,10?/m1/s1. The summed E-state index contributed by atoms with van der Waals surface area (Å²) in [6.07, 6.45) is 0.0506. The minimum Gasteiger partial charge on any atom is -0.475 e. The lowest BCUT2D eigenvalue weighted by Gasteiger charge is -2.16. The lowest BCUT2D eigenvalue weighted by molar-refractivity contribution is 0.248. The van der Waals surface area contributed by atoms with Crippen LogP contribution in [0.4, 0.5) is 4.39 Å². The van der Waals surface area contributed by atoms with Crippen molar-refractivity contribution in [3.05, 3.63) is 29.6 Å². The fourth-order valence-electron chi connectivity index (χ4n) is 1.34. The zero-order valence-corrected chi connectivity index (χ0v) is 9.40. The van der Waals surface area contributed by atoms with Crippen molar-refractivity contribution in [1.82, 2.24) is 0 Å². The lowest BCUT2D eigenvalue weighted by atomic mass is 10.1. The molecule has 1 aromatic rings. The maximum absolute atomic E-state index is 13.0. The van der Waals surface area contributed by atoms with Crippen LogP contribution >= 0.6 is 0 Å². The van der Waals surface area contributed by atoms with Crippen molar-refractivity contribution in [3.8, 4) is 11.8 Å².